The van der Waals surface area contributed by atoms with Gasteiger partial charge in [-0.15, -0.1) is 0 Å². The molecule has 104 valence electrons. The molecule has 0 amide bonds. The molecule has 20 heavy (non-hydrogen) atoms. The van der Waals surface area contributed by atoms with Crippen molar-refractivity contribution >= 4 is 11.4 Å². The molecule has 0 aliphatic heterocycles. The fourth-order valence-electron chi connectivity index (χ4n) is 2.27. The van der Waals surface area contributed by atoms with Crippen molar-refractivity contribution in [3.8, 4) is 0 Å². The van der Waals surface area contributed by atoms with E-state index in [-0.39, 0.29) is 0 Å². The van der Waals surface area contributed by atoms with Gasteiger partial charge in [-0.2, -0.15) is 0 Å². The molecular formula is C19H23N. The van der Waals surface area contributed by atoms with Gasteiger partial charge in [0.25, 0.3) is 0 Å². The van der Waals surface area contributed by atoms with Gasteiger partial charge in [0, 0.05) is 5.71 Å². The summed E-state index contributed by atoms with van der Waals surface area (Å²) in [4.78, 5) is 4.89. The molecule has 1 heteroatoms. The zero-order valence-corrected chi connectivity index (χ0v) is 12.7. The third-order valence-electron chi connectivity index (χ3n) is 3.55. The predicted molar refractivity (Wildman–Crippen MR) is 88.1 cm³/mol. The van der Waals surface area contributed by atoms with E-state index in [2.05, 4.69) is 69.3 Å². The molecule has 0 saturated heterocycles. The maximum atomic E-state index is 4.89. The predicted octanol–water partition coefficient (Wildman–Crippen LogP) is 5.48. The average Bonchev–Trinajstić information content (AvgIpc) is 2.49. The summed E-state index contributed by atoms with van der Waals surface area (Å²) in [6.45, 7) is 6.50. The van der Waals surface area contributed by atoms with Crippen molar-refractivity contribution in [2.45, 2.75) is 40.0 Å². The van der Waals surface area contributed by atoms with Gasteiger partial charge in [0.15, 0.2) is 0 Å². The average molecular weight is 265 g/mol. The van der Waals surface area contributed by atoms with Crippen LogP contribution < -0.4 is 0 Å². The van der Waals surface area contributed by atoms with Gasteiger partial charge in [-0.05, 0) is 42.5 Å². The summed E-state index contributed by atoms with van der Waals surface area (Å²) in [5.74, 6) is 0. The van der Waals surface area contributed by atoms with E-state index in [0.29, 0.717) is 0 Å². The maximum absolute atomic E-state index is 4.89. The number of aliphatic imine (C=N–C) groups is 1. The van der Waals surface area contributed by atoms with Gasteiger partial charge in [0.2, 0.25) is 0 Å². The Labute approximate surface area is 122 Å². The molecule has 0 saturated carbocycles. The van der Waals surface area contributed by atoms with Gasteiger partial charge in [-0.25, -0.2) is 0 Å². The second-order valence-electron chi connectivity index (χ2n) is 5.15. The molecule has 0 aromatic heterocycles. The van der Waals surface area contributed by atoms with E-state index < -0.39 is 0 Å². The number of benzene rings is 2. The van der Waals surface area contributed by atoms with E-state index in [9.17, 15) is 0 Å². The van der Waals surface area contributed by atoms with Crippen molar-refractivity contribution < 1.29 is 0 Å². The molecule has 0 heterocycles. The summed E-state index contributed by atoms with van der Waals surface area (Å²) in [6, 6.07) is 17.1. The molecule has 0 N–H and O–H groups in total. The zero-order valence-electron chi connectivity index (χ0n) is 12.7. The number of rotatable bonds is 5. The third-order valence-corrected chi connectivity index (χ3v) is 3.55. The Kier molecular flexibility index (Phi) is 5.11. The van der Waals surface area contributed by atoms with Crippen molar-refractivity contribution in [1.82, 2.24) is 0 Å². The third kappa shape index (κ3) is 3.57. The highest BCUT2D eigenvalue weighted by atomic mass is 14.7. The van der Waals surface area contributed by atoms with Gasteiger partial charge >= 0.3 is 0 Å². The minimum atomic E-state index is 1.01. The lowest BCUT2D eigenvalue weighted by Gasteiger charge is -2.08. The van der Waals surface area contributed by atoms with E-state index in [4.69, 9.17) is 4.99 Å². The van der Waals surface area contributed by atoms with Crippen LogP contribution in [0, 0.1) is 6.92 Å². The molecule has 0 radical (unpaired) electrons. The van der Waals surface area contributed by atoms with Crippen LogP contribution in [0.4, 0.5) is 5.69 Å². The van der Waals surface area contributed by atoms with Crippen LogP contribution in [0.2, 0.25) is 0 Å². The van der Waals surface area contributed by atoms with E-state index in [1.807, 2.05) is 0 Å². The molecule has 0 atom stereocenters. The summed E-state index contributed by atoms with van der Waals surface area (Å²) in [7, 11) is 0. The van der Waals surface area contributed by atoms with Gasteiger partial charge in [0.1, 0.15) is 0 Å². The highest BCUT2D eigenvalue weighted by Gasteiger charge is 2.04. The Balaban J connectivity index is 2.37. The molecule has 2 rings (SSSR count). The fourth-order valence-corrected chi connectivity index (χ4v) is 2.27. The first kappa shape index (κ1) is 14.5. The summed E-state index contributed by atoms with van der Waals surface area (Å²) in [5, 5.41) is 0. The maximum Gasteiger partial charge on any atom is 0.0662 e. The first-order valence-corrected chi connectivity index (χ1v) is 7.47. The van der Waals surface area contributed by atoms with Crippen LogP contribution in [0.1, 0.15) is 43.4 Å². The molecule has 0 aliphatic carbocycles. The Morgan fingerprint density at radius 1 is 0.950 bits per heavy atom. The molecule has 0 unspecified atom stereocenters. The van der Waals surface area contributed by atoms with Crippen LogP contribution in [-0.4, -0.2) is 5.71 Å². The lowest BCUT2D eigenvalue weighted by molar-refractivity contribution is 0.991. The second-order valence-corrected chi connectivity index (χ2v) is 5.15. The van der Waals surface area contributed by atoms with Crippen LogP contribution in [0.25, 0.3) is 0 Å². The number of hydrogen-bond acceptors (Lipinski definition) is 1. The highest BCUT2D eigenvalue weighted by molar-refractivity contribution is 6.02. The Bertz CT molecular complexity index is 579. The summed E-state index contributed by atoms with van der Waals surface area (Å²) >= 11 is 0. The topological polar surface area (TPSA) is 12.4 Å². The van der Waals surface area contributed by atoms with E-state index in [0.717, 1.165) is 24.9 Å². The van der Waals surface area contributed by atoms with Crippen LogP contribution in [0.15, 0.2) is 53.5 Å². The molecule has 1 nitrogen and oxygen atoms in total. The lowest BCUT2D eigenvalue weighted by atomic mass is 10.0. The summed E-state index contributed by atoms with van der Waals surface area (Å²) in [6.07, 6.45) is 3.21. The molecule has 0 spiro atoms. The summed E-state index contributed by atoms with van der Waals surface area (Å²) < 4.78 is 0. The molecule has 0 bridgehead atoms. The van der Waals surface area contributed by atoms with E-state index >= 15 is 0 Å². The van der Waals surface area contributed by atoms with E-state index in [1.54, 1.807) is 0 Å². The molecule has 0 fully saturated rings. The lowest BCUT2D eigenvalue weighted by Crippen LogP contribution is -2.00. The number of aryl methyl sites for hydroxylation is 2. The van der Waals surface area contributed by atoms with Crippen molar-refractivity contribution in [2.24, 2.45) is 4.99 Å². The Morgan fingerprint density at radius 3 is 2.25 bits per heavy atom. The van der Waals surface area contributed by atoms with Crippen LogP contribution in [0.5, 0.6) is 0 Å². The first-order valence-electron chi connectivity index (χ1n) is 7.47. The van der Waals surface area contributed by atoms with Crippen molar-refractivity contribution in [3.05, 3.63) is 65.2 Å². The van der Waals surface area contributed by atoms with Gasteiger partial charge in [-0.1, -0.05) is 62.7 Å². The monoisotopic (exact) mass is 265 g/mol. The first-order chi connectivity index (χ1) is 9.74. The Morgan fingerprint density at radius 2 is 1.65 bits per heavy atom. The number of nitrogens with zero attached hydrogens (tertiary/aromatic N) is 1. The van der Waals surface area contributed by atoms with Crippen molar-refractivity contribution in [3.63, 3.8) is 0 Å². The second kappa shape index (κ2) is 7.04. The van der Waals surface area contributed by atoms with Gasteiger partial charge in [-0.3, -0.25) is 4.99 Å². The summed E-state index contributed by atoms with van der Waals surface area (Å²) in [5.41, 5.74) is 6.11. The van der Waals surface area contributed by atoms with Crippen LogP contribution in [-0.2, 0) is 6.42 Å². The minimum Gasteiger partial charge on any atom is -0.253 e. The molecule has 2 aromatic rings. The Hall–Kier alpha value is -1.89. The smallest absolute Gasteiger partial charge is 0.0662 e. The normalized spacial score (nSPS) is 11.7. The zero-order chi connectivity index (χ0) is 14.4. The number of para-hydroxylation sites is 1. The SMILES string of the molecule is CCCC(=Nc1ccccc1C)c1ccc(CC)cc1. The van der Waals surface area contributed by atoms with Crippen molar-refractivity contribution in [2.75, 3.05) is 0 Å². The van der Waals surface area contributed by atoms with Gasteiger partial charge < -0.3 is 0 Å². The van der Waals surface area contributed by atoms with Crippen LogP contribution >= 0.6 is 0 Å². The minimum absolute atomic E-state index is 1.01. The fraction of sp³-hybridized carbons (Fsp3) is 0.316. The number of hydrogen-bond donors (Lipinski definition) is 0. The largest absolute Gasteiger partial charge is 0.253 e. The molecule has 2 aromatic carbocycles. The quantitative estimate of drug-likeness (QED) is 0.635. The van der Waals surface area contributed by atoms with Gasteiger partial charge in [0.05, 0.1) is 5.69 Å². The standard InChI is InChI=1S/C19H23N/c1-4-8-19(17-13-11-16(5-2)12-14-17)20-18-10-7-6-9-15(18)3/h6-7,9-14H,4-5,8H2,1-3H3. The van der Waals surface area contributed by atoms with Crippen LogP contribution in [0.3, 0.4) is 0 Å². The molecular weight excluding hydrogens is 242 g/mol. The van der Waals surface area contributed by atoms with Crippen molar-refractivity contribution in [1.29, 1.82) is 0 Å². The highest BCUT2D eigenvalue weighted by Crippen LogP contribution is 2.20. The van der Waals surface area contributed by atoms with E-state index in [1.165, 1.54) is 22.4 Å². The molecule has 0 aliphatic rings.